The first-order chi connectivity index (χ1) is 41.3. The van der Waals surface area contributed by atoms with Crippen LogP contribution in [0.2, 0.25) is 0 Å². The van der Waals surface area contributed by atoms with Crippen LogP contribution in [0, 0.1) is 0 Å². The van der Waals surface area contributed by atoms with Crippen molar-refractivity contribution in [3.05, 3.63) is 24.3 Å². The van der Waals surface area contributed by atoms with Gasteiger partial charge in [0.05, 0.1) is 50.8 Å². The highest BCUT2D eigenvalue weighted by molar-refractivity contribution is 5.57. The average molecular weight is 1190 g/mol. The van der Waals surface area contributed by atoms with Gasteiger partial charge in [-0.15, -0.1) is 0 Å². The maximum atomic E-state index is 11.4. The molecule has 4 unspecified atom stereocenters. The number of aliphatic hydroxyl groups is 4. The smallest absolute Gasteiger partial charge is 0.0948 e. The zero-order valence-electron chi connectivity index (χ0n) is 56.4. The predicted molar refractivity (Wildman–Crippen MR) is 362 cm³/mol. The van der Waals surface area contributed by atoms with E-state index in [1.807, 2.05) is 34.1 Å². The van der Waals surface area contributed by atoms with Crippen molar-refractivity contribution in [2.45, 2.75) is 360 Å². The van der Waals surface area contributed by atoms with Gasteiger partial charge in [0.25, 0.3) is 0 Å². The first kappa shape index (κ1) is 80.5. The van der Waals surface area contributed by atoms with Crippen LogP contribution in [0.5, 0.6) is 0 Å². The summed E-state index contributed by atoms with van der Waals surface area (Å²) in [7, 11) is 0. The second-order valence-electron chi connectivity index (χ2n) is 25.8. The molecule has 0 saturated heterocycles. The minimum absolute atomic E-state index is 0.241. The lowest BCUT2D eigenvalue weighted by Gasteiger charge is -2.32. The number of ether oxygens (including phenoxy) is 4. The lowest BCUT2D eigenvalue weighted by Crippen LogP contribution is -2.42. The minimum Gasteiger partial charge on any atom is -0.389 e. The van der Waals surface area contributed by atoms with Crippen LogP contribution < -0.4 is 9.80 Å². The number of aliphatic hydroxyl groups excluding tert-OH is 4. The molecule has 0 saturated carbocycles. The number of nitrogens with zero attached hydrogens (tertiary/aromatic N) is 2. The van der Waals surface area contributed by atoms with Crippen LogP contribution in [0.15, 0.2) is 24.3 Å². The highest BCUT2D eigenvalue weighted by Crippen LogP contribution is 2.24. The quantitative estimate of drug-likeness (QED) is 0.0469. The van der Waals surface area contributed by atoms with Crippen molar-refractivity contribution in [2.75, 3.05) is 88.8 Å². The third kappa shape index (κ3) is 54.6. The van der Waals surface area contributed by atoms with E-state index >= 15 is 0 Å². The van der Waals surface area contributed by atoms with E-state index in [0.717, 1.165) is 62.7 Å². The Balaban J connectivity index is 2.87. The fourth-order valence-corrected chi connectivity index (χ4v) is 11.7. The molecule has 0 aromatic heterocycles. The van der Waals surface area contributed by atoms with Crippen LogP contribution in [0.25, 0.3) is 0 Å². The van der Waals surface area contributed by atoms with Crippen molar-refractivity contribution in [3.8, 4) is 0 Å². The minimum atomic E-state index is -0.734. The van der Waals surface area contributed by atoms with Crippen molar-refractivity contribution in [1.29, 1.82) is 0 Å². The lowest BCUT2D eigenvalue weighted by atomic mass is 10.1. The van der Waals surface area contributed by atoms with E-state index in [9.17, 15) is 20.4 Å². The van der Waals surface area contributed by atoms with Crippen molar-refractivity contribution in [2.24, 2.45) is 0 Å². The third-order valence-corrected chi connectivity index (χ3v) is 17.1. The lowest BCUT2D eigenvalue weighted by molar-refractivity contribution is 0.0282. The second kappa shape index (κ2) is 64.5. The molecule has 10 nitrogen and oxygen atoms in total. The molecule has 1 aromatic rings. The molecule has 4 N–H and O–H groups in total. The van der Waals surface area contributed by atoms with Gasteiger partial charge < -0.3 is 49.2 Å². The Bertz CT molecular complexity index is 1220. The summed E-state index contributed by atoms with van der Waals surface area (Å²) in [5.74, 6) is 0. The van der Waals surface area contributed by atoms with Gasteiger partial charge in [0.2, 0.25) is 0 Å². The van der Waals surface area contributed by atoms with Gasteiger partial charge >= 0.3 is 0 Å². The topological polar surface area (TPSA) is 124 Å². The molecule has 0 aliphatic heterocycles. The maximum absolute atomic E-state index is 11.4. The molecule has 4 atom stereocenters. The van der Waals surface area contributed by atoms with Gasteiger partial charge in [0.15, 0.2) is 0 Å². The van der Waals surface area contributed by atoms with E-state index in [1.54, 1.807) is 0 Å². The SMILES string of the molecule is CCCCCCCCCCCCCCOCC(O)CN(CC(O)COCCCCCCCCCCCCCC)c1ccc(N(CC(O)COCCCCCCCCCCCCCC)CC(O)COCCCCCCCCCCCCCC)cc1. The Morgan fingerprint density at radius 2 is 0.381 bits per heavy atom. The normalized spacial score (nSPS) is 13.2. The fourth-order valence-electron chi connectivity index (χ4n) is 11.7. The van der Waals surface area contributed by atoms with Crippen LogP contribution in [0.4, 0.5) is 11.4 Å². The summed E-state index contributed by atoms with van der Waals surface area (Å²) in [5, 5.41) is 45.5. The molecular weight excluding hydrogens is 1040 g/mol. The van der Waals surface area contributed by atoms with E-state index in [4.69, 9.17) is 18.9 Å². The van der Waals surface area contributed by atoms with Gasteiger partial charge in [0, 0.05) is 64.0 Å². The Morgan fingerprint density at radius 1 is 0.238 bits per heavy atom. The Hall–Kier alpha value is -1.50. The van der Waals surface area contributed by atoms with Crippen LogP contribution in [0.1, 0.15) is 336 Å². The van der Waals surface area contributed by atoms with Crippen LogP contribution in [-0.2, 0) is 18.9 Å². The van der Waals surface area contributed by atoms with Crippen LogP contribution >= 0.6 is 0 Å². The highest BCUT2D eigenvalue weighted by atomic mass is 16.5. The van der Waals surface area contributed by atoms with Gasteiger partial charge in [-0.3, -0.25) is 0 Å². The van der Waals surface area contributed by atoms with E-state index in [1.165, 1.54) is 257 Å². The standard InChI is InChI=1S/C74H144N2O8/c1-5-9-13-17-21-25-29-33-37-41-45-49-57-81-65-71(77)61-75(62-72(78)66-82-58-50-46-42-38-34-30-26-22-18-14-10-6-2)69-53-55-70(56-54-69)76(63-73(79)67-83-59-51-47-43-39-35-31-27-23-19-15-11-7-3)64-74(80)68-84-60-52-48-44-40-36-32-28-24-20-16-12-8-4/h53-56,71-74,77-80H,5-52,57-68H2,1-4H3. The van der Waals surface area contributed by atoms with Crippen molar-refractivity contribution >= 4 is 11.4 Å². The summed E-state index contributed by atoms with van der Waals surface area (Å²) >= 11 is 0. The van der Waals surface area contributed by atoms with Crippen molar-refractivity contribution in [3.63, 3.8) is 0 Å². The van der Waals surface area contributed by atoms with Gasteiger partial charge in [-0.25, -0.2) is 0 Å². The summed E-state index contributed by atoms with van der Waals surface area (Å²) in [5.41, 5.74) is 1.74. The molecule has 0 radical (unpaired) electrons. The van der Waals surface area contributed by atoms with Gasteiger partial charge in [0.1, 0.15) is 0 Å². The van der Waals surface area contributed by atoms with Crippen molar-refractivity contribution < 1.29 is 39.4 Å². The van der Waals surface area contributed by atoms with E-state index in [2.05, 4.69) is 27.7 Å². The van der Waals surface area contributed by atoms with Gasteiger partial charge in [-0.2, -0.15) is 0 Å². The third-order valence-electron chi connectivity index (χ3n) is 17.1. The summed E-state index contributed by atoms with van der Waals surface area (Å²) in [4.78, 5) is 4.08. The molecule has 0 aliphatic rings. The van der Waals surface area contributed by atoms with E-state index in [-0.39, 0.29) is 26.4 Å². The molecule has 84 heavy (non-hydrogen) atoms. The molecule has 0 spiro atoms. The summed E-state index contributed by atoms with van der Waals surface area (Å²) in [6.45, 7) is 13.9. The predicted octanol–water partition coefficient (Wildman–Crippen LogP) is 19.6. The molecular formula is C74H144N2O8. The number of hydrogen-bond acceptors (Lipinski definition) is 10. The summed E-state index contributed by atoms with van der Waals surface area (Å²) < 4.78 is 24.1. The number of anilines is 2. The van der Waals surface area contributed by atoms with E-state index < -0.39 is 24.4 Å². The monoisotopic (exact) mass is 1190 g/mol. The average Bonchev–Trinajstić information content (AvgIpc) is 3.70. The Labute approximate surface area is 521 Å². The maximum Gasteiger partial charge on any atom is 0.0948 e. The molecule has 0 aliphatic carbocycles. The zero-order chi connectivity index (χ0) is 60.7. The van der Waals surface area contributed by atoms with Gasteiger partial charge in [-0.05, 0) is 49.9 Å². The van der Waals surface area contributed by atoms with E-state index in [0.29, 0.717) is 52.6 Å². The first-order valence-electron chi connectivity index (χ1n) is 37.0. The highest BCUT2D eigenvalue weighted by Gasteiger charge is 2.21. The molecule has 1 aromatic carbocycles. The zero-order valence-corrected chi connectivity index (χ0v) is 56.4. The summed E-state index contributed by atoms with van der Waals surface area (Å²) in [6, 6.07) is 8.09. The first-order valence-corrected chi connectivity index (χ1v) is 37.0. The number of hydrogen-bond donors (Lipinski definition) is 4. The van der Waals surface area contributed by atoms with Gasteiger partial charge in [-0.1, -0.05) is 310 Å². The molecule has 0 bridgehead atoms. The Morgan fingerprint density at radius 3 is 0.536 bits per heavy atom. The fraction of sp³-hybridized carbons (Fsp3) is 0.919. The molecule has 0 amide bonds. The number of rotatable bonds is 70. The molecule has 1 rings (SSSR count). The molecule has 10 heteroatoms. The molecule has 0 fully saturated rings. The largest absolute Gasteiger partial charge is 0.389 e. The second-order valence-corrected chi connectivity index (χ2v) is 25.8. The number of unbranched alkanes of at least 4 members (excludes halogenated alkanes) is 44. The summed E-state index contributed by atoms with van der Waals surface area (Å²) in [6.07, 6.45) is 59.3. The molecule has 0 heterocycles. The van der Waals surface area contributed by atoms with Crippen LogP contribution in [0.3, 0.4) is 0 Å². The molecule has 498 valence electrons. The number of benzene rings is 1. The Kier molecular flexibility index (Phi) is 61.8. The van der Waals surface area contributed by atoms with Crippen LogP contribution in [-0.4, -0.2) is 124 Å². The van der Waals surface area contributed by atoms with Crippen molar-refractivity contribution in [1.82, 2.24) is 0 Å².